The third-order valence-electron chi connectivity index (χ3n) is 3.08. The predicted molar refractivity (Wildman–Crippen MR) is 61.9 cm³/mol. The summed E-state index contributed by atoms with van der Waals surface area (Å²) in [7, 11) is 1.74. The first-order chi connectivity index (χ1) is 7.58. The van der Waals surface area contributed by atoms with Gasteiger partial charge in [-0.2, -0.15) is 5.10 Å². The van der Waals surface area contributed by atoms with Crippen LogP contribution in [0.1, 0.15) is 30.3 Å². The van der Waals surface area contributed by atoms with E-state index in [2.05, 4.69) is 12.0 Å². The zero-order valence-electron chi connectivity index (χ0n) is 9.81. The van der Waals surface area contributed by atoms with Gasteiger partial charge in [0.25, 0.3) is 5.91 Å². The molecule has 16 heavy (non-hydrogen) atoms. The molecule has 5 heteroatoms. The molecule has 1 saturated heterocycles. The average molecular weight is 222 g/mol. The number of carbonyl (C=O) groups excluding carboxylic acids is 1. The Balaban J connectivity index is 2.12. The number of aryl methyl sites for hydroxylation is 1. The number of rotatable bonds is 1. The average Bonchev–Trinajstić information content (AvgIpc) is 2.58. The van der Waals surface area contributed by atoms with Gasteiger partial charge < -0.3 is 10.6 Å². The zero-order chi connectivity index (χ0) is 11.7. The molecule has 0 saturated carbocycles. The van der Waals surface area contributed by atoms with E-state index in [1.54, 1.807) is 13.1 Å². The monoisotopic (exact) mass is 222 g/mol. The molecular weight excluding hydrogens is 204 g/mol. The Kier molecular flexibility index (Phi) is 2.85. The van der Waals surface area contributed by atoms with E-state index in [4.69, 9.17) is 5.73 Å². The van der Waals surface area contributed by atoms with Gasteiger partial charge in [0.2, 0.25) is 0 Å². The Bertz CT molecular complexity index is 379. The third-order valence-corrected chi connectivity index (χ3v) is 3.08. The predicted octanol–water partition coefficient (Wildman–Crippen LogP) is 0.874. The second-order valence-electron chi connectivity index (χ2n) is 4.58. The molecule has 0 unspecified atom stereocenters. The molecule has 5 nitrogen and oxygen atoms in total. The molecule has 88 valence electrons. The molecule has 1 aromatic heterocycles. The number of hydrogen-bond acceptors (Lipinski definition) is 3. The SMILES string of the molecule is C[C@@H]1CCCN(C(=O)c2cc(N)n(C)n2)C1. The van der Waals surface area contributed by atoms with Crippen LogP contribution < -0.4 is 5.73 Å². The van der Waals surface area contributed by atoms with Gasteiger partial charge in [-0.05, 0) is 18.8 Å². The number of anilines is 1. The van der Waals surface area contributed by atoms with Gasteiger partial charge in [0, 0.05) is 26.2 Å². The smallest absolute Gasteiger partial charge is 0.274 e. The number of nitrogen functional groups attached to an aromatic ring is 1. The summed E-state index contributed by atoms with van der Waals surface area (Å²) in [5.41, 5.74) is 6.12. The zero-order valence-corrected chi connectivity index (χ0v) is 9.81. The lowest BCUT2D eigenvalue weighted by Crippen LogP contribution is -2.39. The van der Waals surface area contributed by atoms with E-state index < -0.39 is 0 Å². The molecule has 1 amide bonds. The van der Waals surface area contributed by atoms with Crippen LogP contribution in [0.2, 0.25) is 0 Å². The van der Waals surface area contributed by atoms with Crippen molar-refractivity contribution in [2.24, 2.45) is 13.0 Å². The Morgan fingerprint density at radius 2 is 2.38 bits per heavy atom. The third kappa shape index (κ3) is 2.03. The van der Waals surface area contributed by atoms with Crippen LogP contribution >= 0.6 is 0 Å². The molecule has 2 heterocycles. The highest BCUT2D eigenvalue weighted by Crippen LogP contribution is 2.18. The van der Waals surface area contributed by atoms with E-state index in [0.29, 0.717) is 17.4 Å². The minimum atomic E-state index is -0.00106. The van der Waals surface area contributed by atoms with Crippen LogP contribution in [0.15, 0.2) is 6.07 Å². The fourth-order valence-corrected chi connectivity index (χ4v) is 2.12. The highest BCUT2D eigenvalue weighted by Gasteiger charge is 2.23. The van der Waals surface area contributed by atoms with Gasteiger partial charge in [-0.15, -0.1) is 0 Å². The van der Waals surface area contributed by atoms with Crippen LogP contribution in [0, 0.1) is 5.92 Å². The number of carbonyl (C=O) groups is 1. The van der Waals surface area contributed by atoms with Crippen LogP contribution in [-0.4, -0.2) is 33.7 Å². The van der Waals surface area contributed by atoms with Crippen molar-refractivity contribution >= 4 is 11.7 Å². The number of amides is 1. The first-order valence-corrected chi connectivity index (χ1v) is 5.66. The number of piperidine rings is 1. The number of hydrogen-bond donors (Lipinski definition) is 1. The summed E-state index contributed by atoms with van der Waals surface area (Å²) in [5.74, 6) is 1.10. The van der Waals surface area contributed by atoms with Crippen molar-refractivity contribution in [1.29, 1.82) is 0 Å². The summed E-state index contributed by atoms with van der Waals surface area (Å²) in [5, 5.41) is 4.11. The van der Waals surface area contributed by atoms with Gasteiger partial charge in [-0.3, -0.25) is 9.48 Å². The maximum atomic E-state index is 12.1. The lowest BCUT2D eigenvalue weighted by Gasteiger charge is -2.30. The second-order valence-corrected chi connectivity index (χ2v) is 4.58. The minimum Gasteiger partial charge on any atom is -0.384 e. The molecule has 1 fully saturated rings. The lowest BCUT2D eigenvalue weighted by molar-refractivity contribution is 0.0676. The molecule has 1 aliphatic heterocycles. The normalized spacial score (nSPS) is 21.1. The molecule has 2 N–H and O–H groups in total. The van der Waals surface area contributed by atoms with E-state index in [-0.39, 0.29) is 5.91 Å². The topological polar surface area (TPSA) is 64.2 Å². The molecule has 0 aromatic carbocycles. The van der Waals surface area contributed by atoms with E-state index in [1.165, 1.54) is 11.1 Å². The maximum Gasteiger partial charge on any atom is 0.274 e. The van der Waals surface area contributed by atoms with Crippen LogP contribution in [-0.2, 0) is 7.05 Å². The van der Waals surface area contributed by atoms with Crippen LogP contribution in [0.4, 0.5) is 5.82 Å². The molecule has 1 aromatic rings. The summed E-state index contributed by atoms with van der Waals surface area (Å²) in [6.45, 7) is 3.83. The van der Waals surface area contributed by atoms with Gasteiger partial charge in [0.15, 0.2) is 5.69 Å². The second kappa shape index (κ2) is 4.15. The molecule has 0 bridgehead atoms. The van der Waals surface area contributed by atoms with Gasteiger partial charge in [-0.1, -0.05) is 6.92 Å². The van der Waals surface area contributed by atoms with Crippen LogP contribution in [0.25, 0.3) is 0 Å². The largest absolute Gasteiger partial charge is 0.384 e. The molecule has 0 radical (unpaired) electrons. The number of nitrogens with two attached hydrogens (primary N) is 1. The molecule has 1 aliphatic rings. The molecular formula is C11H18N4O. The molecule has 0 aliphatic carbocycles. The van der Waals surface area contributed by atoms with Gasteiger partial charge in [-0.25, -0.2) is 0 Å². The number of likely N-dealkylation sites (tertiary alicyclic amines) is 1. The summed E-state index contributed by atoms with van der Waals surface area (Å²) >= 11 is 0. The van der Waals surface area contributed by atoms with Crippen molar-refractivity contribution in [3.63, 3.8) is 0 Å². The van der Waals surface area contributed by atoms with Crippen molar-refractivity contribution in [1.82, 2.24) is 14.7 Å². The molecule has 0 spiro atoms. The standard InChI is InChI=1S/C11H18N4O/c1-8-4-3-5-15(7-8)11(16)9-6-10(12)14(2)13-9/h6,8H,3-5,7,12H2,1-2H3/t8-/m1/s1. The first-order valence-electron chi connectivity index (χ1n) is 5.66. The highest BCUT2D eigenvalue weighted by molar-refractivity contribution is 5.93. The first kappa shape index (κ1) is 11.0. The van der Waals surface area contributed by atoms with E-state index >= 15 is 0 Å². The summed E-state index contributed by atoms with van der Waals surface area (Å²) in [6.07, 6.45) is 2.28. The molecule has 1 atom stereocenters. The summed E-state index contributed by atoms with van der Waals surface area (Å²) < 4.78 is 1.53. The van der Waals surface area contributed by atoms with Gasteiger partial charge >= 0.3 is 0 Å². The minimum absolute atomic E-state index is 0.00106. The van der Waals surface area contributed by atoms with E-state index in [1.807, 2.05) is 4.90 Å². The summed E-state index contributed by atoms with van der Waals surface area (Å²) in [4.78, 5) is 14.0. The van der Waals surface area contributed by atoms with Crippen molar-refractivity contribution in [3.8, 4) is 0 Å². The Morgan fingerprint density at radius 1 is 1.62 bits per heavy atom. The Labute approximate surface area is 95.2 Å². The van der Waals surface area contributed by atoms with Gasteiger partial charge in [0.1, 0.15) is 5.82 Å². The Morgan fingerprint density at radius 3 is 2.94 bits per heavy atom. The van der Waals surface area contributed by atoms with Crippen molar-refractivity contribution < 1.29 is 4.79 Å². The quantitative estimate of drug-likeness (QED) is 0.767. The lowest BCUT2D eigenvalue weighted by atomic mass is 10.00. The van der Waals surface area contributed by atoms with E-state index in [0.717, 1.165) is 19.5 Å². The fraction of sp³-hybridized carbons (Fsp3) is 0.636. The van der Waals surface area contributed by atoms with Crippen LogP contribution in [0.3, 0.4) is 0 Å². The molecule has 2 rings (SSSR count). The number of nitrogens with zero attached hydrogens (tertiary/aromatic N) is 3. The van der Waals surface area contributed by atoms with Crippen LogP contribution in [0.5, 0.6) is 0 Å². The van der Waals surface area contributed by atoms with E-state index in [9.17, 15) is 4.79 Å². The summed E-state index contributed by atoms with van der Waals surface area (Å²) in [6, 6.07) is 1.64. The highest BCUT2D eigenvalue weighted by atomic mass is 16.2. The van der Waals surface area contributed by atoms with Crippen molar-refractivity contribution in [3.05, 3.63) is 11.8 Å². The Hall–Kier alpha value is -1.52. The number of aromatic nitrogens is 2. The fourth-order valence-electron chi connectivity index (χ4n) is 2.12. The van der Waals surface area contributed by atoms with Crippen molar-refractivity contribution in [2.75, 3.05) is 18.8 Å². The van der Waals surface area contributed by atoms with Gasteiger partial charge in [0.05, 0.1) is 0 Å². The maximum absolute atomic E-state index is 12.1. The van der Waals surface area contributed by atoms with Crippen molar-refractivity contribution in [2.45, 2.75) is 19.8 Å².